The zero-order chi connectivity index (χ0) is 23.1. The Morgan fingerprint density at radius 2 is 1.97 bits per heavy atom. The van der Waals surface area contributed by atoms with Gasteiger partial charge in [-0.1, -0.05) is 12.1 Å². The van der Waals surface area contributed by atoms with Crippen LogP contribution in [-0.4, -0.2) is 60.2 Å². The third-order valence-electron chi connectivity index (χ3n) is 6.97. The van der Waals surface area contributed by atoms with Crippen molar-refractivity contribution in [2.45, 2.75) is 51.2 Å². The Bertz CT molecular complexity index is 1200. The number of nitrogens with one attached hydrogen (secondary N) is 1. The van der Waals surface area contributed by atoms with E-state index in [-0.39, 0.29) is 5.91 Å². The molecule has 0 radical (unpaired) electrons. The van der Waals surface area contributed by atoms with Gasteiger partial charge in [0.15, 0.2) is 0 Å². The quantitative estimate of drug-likeness (QED) is 0.561. The van der Waals surface area contributed by atoms with Gasteiger partial charge < -0.3 is 15.0 Å². The Labute approximate surface area is 204 Å². The molecule has 2 aromatic heterocycles. The minimum Gasteiger partial charge on any atom is -0.379 e. The Hall–Kier alpha value is -2.55. The van der Waals surface area contributed by atoms with Gasteiger partial charge in [-0.2, -0.15) is 0 Å². The highest BCUT2D eigenvalue weighted by Crippen LogP contribution is 2.40. The Kier molecular flexibility index (Phi) is 5.97. The lowest BCUT2D eigenvalue weighted by Crippen LogP contribution is -2.36. The number of anilines is 1. The molecule has 0 spiro atoms. The minimum atomic E-state index is 0.0292. The van der Waals surface area contributed by atoms with Crippen LogP contribution in [0.5, 0.6) is 0 Å². The first-order chi connectivity index (χ1) is 16.6. The van der Waals surface area contributed by atoms with Gasteiger partial charge in [-0.3, -0.25) is 9.69 Å². The zero-order valence-corrected chi connectivity index (χ0v) is 20.5. The maximum absolute atomic E-state index is 12.3. The lowest BCUT2D eigenvalue weighted by atomic mass is 10.1. The van der Waals surface area contributed by atoms with Crippen molar-refractivity contribution in [1.82, 2.24) is 20.2 Å². The predicted octanol–water partition coefficient (Wildman–Crippen LogP) is 3.54. The SMILES string of the molecule is CN(Cc1ccc(C(=O)NC2CC2)cc1)c1nc(CN2CCOCC2)nc2sc3c(c12)CCC3. The van der Waals surface area contributed by atoms with Crippen molar-refractivity contribution < 1.29 is 9.53 Å². The molecular formula is C26H31N5O2S. The van der Waals surface area contributed by atoms with E-state index >= 15 is 0 Å². The molecule has 1 N–H and O–H groups in total. The number of benzene rings is 1. The van der Waals surface area contributed by atoms with E-state index in [1.54, 1.807) is 0 Å². The summed E-state index contributed by atoms with van der Waals surface area (Å²) in [5.74, 6) is 1.95. The number of thiophene rings is 1. The van der Waals surface area contributed by atoms with Crippen LogP contribution >= 0.6 is 11.3 Å². The Balaban J connectivity index is 1.26. The van der Waals surface area contributed by atoms with Crippen LogP contribution in [0.15, 0.2) is 24.3 Å². The van der Waals surface area contributed by atoms with Gasteiger partial charge in [0.05, 0.1) is 25.1 Å². The van der Waals surface area contributed by atoms with E-state index < -0.39 is 0 Å². The highest BCUT2D eigenvalue weighted by molar-refractivity contribution is 7.19. The number of amides is 1. The maximum atomic E-state index is 12.3. The van der Waals surface area contributed by atoms with E-state index in [9.17, 15) is 4.79 Å². The summed E-state index contributed by atoms with van der Waals surface area (Å²) in [6.07, 6.45) is 5.69. The van der Waals surface area contributed by atoms with Gasteiger partial charge in [-0.25, -0.2) is 9.97 Å². The van der Waals surface area contributed by atoms with E-state index in [0.29, 0.717) is 6.04 Å². The van der Waals surface area contributed by atoms with Crippen LogP contribution in [0.4, 0.5) is 5.82 Å². The highest BCUT2D eigenvalue weighted by Gasteiger charge is 2.25. The second-order valence-electron chi connectivity index (χ2n) is 9.69. The van der Waals surface area contributed by atoms with Crippen molar-refractivity contribution >= 4 is 33.3 Å². The third kappa shape index (κ3) is 4.54. The van der Waals surface area contributed by atoms with Crippen molar-refractivity contribution in [1.29, 1.82) is 0 Å². The summed E-state index contributed by atoms with van der Waals surface area (Å²) in [5.41, 5.74) is 3.34. The van der Waals surface area contributed by atoms with E-state index in [2.05, 4.69) is 34.3 Å². The van der Waals surface area contributed by atoms with Crippen LogP contribution in [0, 0.1) is 0 Å². The summed E-state index contributed by atoms with van der Waals surface area (Å²) in [5, 5.41) is 4.30. The topological polar surface area (TPSA) is 70.6 Å². The fraction of sp³-hybridized carbons (Fsp3) is 0.500. The monoisotopic (exact) mass is 477 g/mol. The zero-order valence-electron chi connectivity index (χ0n) is 19.7. The lowest BCUT2D eigenvalue weighted by Gasteiger charge is -2.26. The van der Waals surface area contributed by atoms with Crippen LogP contribution in [-0.2, 0) is 30.7 Å². The van der Waals surface area contributed by atoms with Crippen molar-refractivity contribution in [3.63, 3.8) is 0 Å². The second-order valence-corrected chi connectivity index (χ2v) is 10.8. The summed E-state index contributed by atoms with van der Waals surface area (Å²) >= 11 is 1.85. The summed E-state index contributed by atoms with van der Waals surface area (Å²) in [6, 6.07) is 8.36. The van der Waals surface area contributed by atoms with Gasteiger partial charge in [0, 0.05) is 43.2 Å². The number of hydrogen-bond acceptors (Lipinski definition) is 7. The molecular weight excluding hydrogens is 446 g/mol. The molecule has 0 atom stereocenters. The van der Waals surface area contributed by atoms with Crippen molar-refractivity contribution in [2.75, 3.05) is 38.3 Å². The van der Waals surface area contributed by atoms with Crippen molar-refractivity contribution in [3.05, 3.63) is 51.7 Å². The second kappa shape index (κ2) is 9.24. The molecule has 2 fully saturated rings. The largest absolute Gasteiger partial charge is 0.379 e. The number of rotatable bonds is 7. The molecule has 1 amide bonds. The molecule has 0 bridgehead atoms. The van der Waals surface area contributed by atoms with Gasteiger partial charge >= 0.3 is 0 Å². The average molecular weight is 478 g/mol. The van der Waals surface area contributed by atoms with Gasteiger partial charge in [0.1, 0.15) is 16.5 Å². The first-order valence-corrected chi connectivity index (χ1v) is 13.2. The molecule has 1 aromatic carbocycles. The average Bonchev–Trinajstić information content (AvgIpc) is 3.42. The summed E-state index contributed by atoms with van der Waals surface area (Å²) in [6.45, 7) is 4.89. The third-order valence-corrected chi connectivity index (χ3v) is 8.16. The maximum Gasteiger partial charge on any atom is 0.251 e. The van der Waals surface area contributed by atoms with E-state index in [1.165, 1.54) is 27.8 Å². The van der Waals surface area contributed by atoms with Crippen LogP contribution in [0.25, 0.3) is 10.2 Å². The number of fused-ring (bicyclic) bond motifs is 3. The molecule has 3 heterocycles. The molecule has 0 unspecified atom stereocenters. The number of nitrogens with zero attached hydrogens (tertiary/aromatic N) is 4. The van der Waals surface area contributed by atoms with Gasteiger partial charge in [-0.05, 0) is 55.4 Å². The number of morpholine rings is 1. The summed E-state index contributed by atoms with van der Waals surface area (Å²) < 4.78 is 5.51. The Morgan fingerprint density at radius 3 is 2.74 bits per heavy atom. The fourth-order valence-electron chi connectivity index (χ4n) is 4.93. The smallest absolute Gasteiger partial charge is 0.251 e. The molecule has 6 rings (SSSR count). The number of ether oxygens (including phenoxy) is 1. The molecule has 1 aliphatic heterocycles. The number of aryl methyl sites for hydroxylation is 2. The highest BCUT2D eigenvalue weighted by atomic mass is 32.1. The lowest BCUT2D eigenvalue weighted by molar-refractivity contribution is 0.0331. The van der Waals surface area contributed by atoms with Gasteiger partial charge in [0.25, 0.3) is 5.91 Å². The summed E-state index contributed by atoms with van der Waals surface area (Å²) in [7, 11) is 2.12. The molecule has 3 aromatic rings. The predicted molar refractivity (Wildman–Crippen MR) is 135 cm³/mol. The fourth-order valence-corrected chi connectivity index (χ4v) is 6.21. The first-order valence-electron chi connectivity index (χ1n) is 12.4. The molecule has 1 saturated heterocycles. The van der Waals surface area contributed by atoms with Crippen molar-refractivity contribution in [2.24, 2.45) is 0 Å². The van der Waals surface area contributed by atoms with E-state index in [1.807, 2.05) is 23.5 Å². The normalized spacial score (nSPS) is 18.3. The molecule has 34 heavy (non-hydrogen) atoms. The first kappa shape index (κ1) is 21.9. The molecule has 3 aliphatic rings. The van der Waals surface area contributed by atoms with Gasteiger partial charge in [-0.15, -0.1) is 11.3 Å². The molecule has 2 aliphatic carbocycles. The number of carbonyl (C=O) groups excluding carboxylic acids is 1. The Morgan fingerprint density at radius 1 is 1.18 bits per heavy atom. The molecule has 178 valence electrons. The van der Waals surface area contributed by atoms with Crippen LogP contribution in [0.3, 0.4) is 0 Å². The number of hydrogen-bond donors (Lipinski definition) is 1. The van der Waals surface area contributed by atoms with Crippen LogP contribution in [0.1, 0.15) is 51.4 Å². The summed E-state index contributed by atoms with van der Waals surface area (Å²) in [4.78, 5) is 29.7. The van der Waals surface area contributed by atoms with Crippen molar-refractivity contribution in [3.8, 4) is 0 Å². The van der Waals surface area contributed by atoms with Crippen LogP contribution < -0.4 is 10.2 Å². The van der Waals surface area contributed by atoms with E-state index in [4.69, 9.17) is 14.7 Å². The standard InChI is InChI=1S/C26H31N5O2S/c1-30(15-17-5-7-18(8-6-17)25(32)27-19-9-10-19)24-23-20-3-2-4-21(20)34-26(23)29-22(28-24)16-31-11-13-33-14-12-31/h5-8,19H,2-4,9-16H2,1H3,(H,27,32). The molecule has 1 saturated carbocycles. The number of carbonyl (C=O) groups is 1. The molecule has 7 nitrogen and oxygen atoms in total. The molecule has 8 heteroatoms. The van der Waals surface area contributed by atoms with Gasteiger partial charge in [0.2, 0.25) is 0 Å². The number of aromatic nitrogens is 2. The van der Waals surface area contributed by atoms with Crippen LogP contribution in [0.2, 0.25) is 0 Å². The van der Waals surface area contributed by atoms with E-state index in [0.717, 1.165) is 87.1 Å². The minimum absolute atomic E-state index is 0.0292.